The molecule has 34 heavy (non-hydrogen) atoms. The molecular weight excluding hydrogens is 515 g/mol. The lowest BCUT2D eigenvalue weighted by atomic mass is 10.0. The van der Waals surface area contributed by atoms with E-state index in [4.69, 9.17) is 0 Å². The Morgan fingerprint density at radius 3 is 2.32 bits per heavy atom. The van der Waals surface area contributed by atoms with Gasteiger partial charge in [-0.1, -0.05) is 76.6 Å². The average molecular weight is 544 g/mol. The molecule has 1 atom stereocenters. The second kappa shape index (κ2) is 13.3. The van der Waals surface area contributed by atoms with E-state index in [9.17, 15) is 14.0 Å². The number of hydrogen-bond acceptors (Lipinski definition) is 3. The van der Waals surface area contributed by atoms with Crippen molar-refractivity contribution in [3.8, 4) is 0 Å². The number of amides is 2. The molecule has 0 bridgehead atoms. The first-order valence-electron chi connectivity index (χ1n) is 11.1. The highest BCUT2D eigenvalue weighted by atomic mass is 79.9. The summed E-state index contributed by atoms with van der Waals surface area (Å²) in [5.74, 6) is -0.0873. The van der Waals surface area contributed by atoms with Crippen LogP contribution in [0.4, 0.5) is 4.39 Å². The van der Waals surface area contributed by atoms with Crippen LogP contribution in [0.25, 0.3) is 0 Å². The topological polar surface area (TPSA) is 49.4 Å². The molecule has 0 aliphatic heterocycles. The minimum Gasteiger partial charge on any atom is -0.355 e. The fraction of sp³-hybridized carbons (Fsp3) is 0.259. The molecule has 0 fully saturated rings. The van der Waals surface area contributed by atoms with Gasteiger partial charge in [0.2, 0.25) is 11.8 Å². The summed E-state index contributed by atoms with van der Waals surface area (Å²) in [4.78, 5) is 28.2. The molecule has 0 unspecified atom stereocenters. The Kier molecular flexibility index (Phi) is 10.2. The summed E-state index contributed by atoms with van der Waals surface area (Å²) in [6, 6.07) is 23.3. The smallest absolute Gasteiger partial charge is 0.243 e. The van der Waals surface area contributed by atoms with Gasteiger partial charge in [-0.3, -0.25) is 9.59 Å². The van der Waals surface area contributed by atoms with Crippen LogP contribution in [0, 0.1) is 5.82 Å². The number of rotatable bonds is 11. The first-order chi connectivity index (χ1) is 16.5. The molecule has 2 amide bonds. The second-order valence-electron chi connectivity index (χ2n) is 7.83. The summed E-state index contributed by atoms with van der Waals surface area (Å²) in [7, 11) is 0. The van der Waals surface area contributed by atoms with Gasteiger partial charge in [-0.2, -0.15) is 0 Å². The maximum Gasteiger partial charge on any atom is 0.243 e. The predicted molar refractivity (Wildman–Crippen MR) is 140 cm³/mol. The number of carbonyl (C=O) groups is 2. The molecule has 0 saturated carbocycles. The third kappa shape index (κ3) is 7.71. The van der Waals surface area contributed by atoms with Crippen LogP contribution in [-0.4, -0.2) is 35.1 Å². The molecule has 4 nitrogen and oxygen atoms in total. The molecule has 3 rings (SSSR count). The van der Waals surface area contributed by atoms with Gasteiger partial charge in [0.15, 0.2) is 0 Å². The summed E-state index contributed by atoms with van der Waals surface area (Å²) >= 11 is 4.79. The number of hydrogen-bond donors (Lipinski definition) is 1. The van der Waals surface area contributed by atoms with Crippen LogP contribution in [-0.2, 0) is 28.3 Å². The second-order valence-corrected chi connectivity index (χ2v) is 9.73. The van der Waals surface area contributed by atoms with E-state index in [0.29, 0.717) is 30.8 Å². The molecule has 0 aliphatic rings. The molecule has 0 saturated heterocycles. The molecule has 0 spiro atoms. The minimum absolute atomic E-state index is 0.148. The van der Waals surface area contributed by atoms with Crippen molar-refractivity contribution in [2.24, 2.45) is 0 Å². The standard InChI is InChI=1S/C27H28BrFN2O2S/c1-2-30-27(33)25(16-20-8-4-3-5-9-20)31(17-21-12-14-23(28)15-13-21)26(32)19-34-18-22-10-6-7-11-24(22)29/h3-15,25H,2,16-19H2,1H3,(H,30,33)/t25-/m1/s1. The van der Waals surface area contributed by atoms with E-state index in [1.807, 2.05) is 61.5 Å². The molecule has 178 valence electrons. The van der Waals surface area contributed by atoms with Crippen LogP contribution < -0.4 is 5.32 Å². The SMILES string of the molecule is CCNC(=O)[C@@H](Cc1ccccc1)N(Cc1ccc(Br)cc1)C(=O)CSCc1ccccc1F. The van der Waals surface area contributed by atoms with Crippen molar-refractivity contribution >= 4 is 39.5 Å². The van der Waals surface area contributed by atoms with Crippen LogP contribution in [0.3, 0.4) is 0 Å². The molecule has 0 aliphatic carbocycles. The van der Waals surface area contributed by atoms with Crippen molar-refractivity contribution in [2.45, 2.75) is 31.7 Å². The number of carbonyl (C=O) groups excluding carboxylic acids is 2. The first-order valence-corrected chi connectivity index (χ1v) is 13.1. The Balaban J connectivity index is 1.82. The Morgan fingerprint density at radius 2 is 1.65 bits per heavy atom. The van der Waals surface area contributed by atoms with Gasteiger partial charge < -0.3 is 10.2 Å². The van der Waals surface area contributed by atoms with E-state index in [1.54, 1.807) is 23.1 Å². The van der Waals surface area contributed by atoms with Gasteiger partial charge in [0, 0.05) is 29.7 Å². The van der Waals surface area contributed by atoms with Gasteiger partial charge in [0.25, 0.3) is 0 Å². The highest BCUT2D eigenvalue weighted by Gasteiger charge is 2.30. The van der Waals surface area contributed by atoms with Crippen molar-refractivity contribution in [1.82, 2.24) is 10.2 Å². The lowest BCUT2D eigenvalue weighted by Crippen LogP contribution is -2.51. The van der Waals surface area contributed by atoms with Crippen molar-refractivity contribution in [3.63, 3.8) is 0 Å². The molecule has 7 heteroatoms. The highest BCUT2D eigenvalue weighted by Crippen LogP contribution is 2.20. The number of likely N-dealkylation sites (N-methyl/N-ethyl adjacent to an activating group) is 1. The van der Waals surface area contributed by atoms with E-state index >= 15 is 0 Å². The highest BCUT2D eigenvalue weighted by molar-refractivity contribution is 9.10. The van der Waals surface area contributed by atoms with Crippen molar-refractivity contribution in [1.29, 1.82) is 0 Å². The number of thioether (sulfide) groups is 1. The van der Waals surface area contributed by atoms with Gasteiger partial charge in [0.05, 0.1) is 5.75 Å². The molecule has 3 aromatic rings. The van der Waals surface area contributed by atoms with Gasteiger partial charge in [-0.25, -0.2) is 4.39 Å². The molecule has 3 aromatic carbocycles. The van der Waals surface area contributed by atoms with Gasteiger partial charge in [0.1, 0.15) is 11.9 Å². The van der Waals surface area contributed by atoms with E-state index in [1.165, 1.54) is 17.8 Å². The molecule has 0 radical (unpaired) electrons. The Labute approximate surface area is 213 Å². The zero-order chi connectivity index (χ0) is 24.3. The number of halogens is 2. The normalized spacial score (nSPS) is 11.6. The fourth-order valence-corrected chi connectivity index (χ4v) is 4.74. The van der Waals surface area contributed by atoms with E-state index in [2.05, 4.69) is 21.2 Å². The quantitative estimate of drug-likeness (QED) is 0.343. The Bertz CT molecular complexity index is 1080. The summed E-state index contributed by atoms with van der Waals surface area (Å²) in [6.45, 7) is 2.65. The minimum atomic E-state index is -0.660. The number of nitrogens with one attached hydrogen (secondary N) is 1. The Morgan fingerprint density at radius 1 is 0.971 bits per heavy atom. The molecule has 0 aromatic heterocycles. The largest absolute Gasteiger partial charge is 0.355 e. The van der Waals surface area contributed by atoms with Crippen LogP contribution in [0.15, 0.2) is 83.3 Å². The van der Waals surface area contributed by atoms with Crippen LogP contribution >= 0.6 is 27.7 Å². The van der Waals surface area contributed by atoms with E-state index in [0.717, 1.165) is 15.6 Å². The maximum absolute atomic E-state index is 14.0. The fourth-order valence-electron chi connectivity index (χ4n) is 3.58. The summed E-state index contributed by atoms with van der Waals surface area (Å²) in [5, 5.41) is 2.89. The molecule has 0 heterocycles. The predicted octanol–water partition coefficient (Wildman–Crippen LogP) is 5.60. The molecule has 1 N–H and O–H groups in total. The average Bonchev–Trinajstić information content (AvgIpc) is 2.84. The molecular formula is C27H28BrFN2O2S. The summed E-state index contributed by atoms with van der Waals surface area (Å²) < 4.78 is 14.9. The van der Waals surface area contributed by atoms with Gasteiger partial charge in [-0.05, 0) is 41.8 Å². The van der Waals surface area contributed by atoms with Crippen LogP contribution in [0.5, 0.6) is 0 Å². The number of benzene rings is 3. The monoisotopic (exact) mass is 542 g/mol. The van der Waals surface area contributed by atoms with Crippen LogP contribution in [0.1, 0.15) is 23.6 Å². The van der Waals surface area contributed by atoms with Crippen molar-refractivity contribution in [3.05, 3.63) is 106 Å². The van der Waals surface area contributed by atoms with E-state index in [-0.39, 0.29) is 23.4 Å². The van der Waals surface area contributed by atoms with Crippen LogP contribution in [0.2, 0.25) is 0 Å². The summed E-state index contributed by atoms with van der Waals surface area (Å²) in [5.41, 5.74) is 2.47. The van der Waals surface area contributed by atoms with Gasteiger partial charge >= 0.3 is 0 Å². The first kappa shape index (κ1) is 26.0. The van der Waals surface area contributed by atoms with Gasteiger partial charge in [-0.15, -0.1) is 11.8 Å². The zero-order valence-corrected chi connectivity index (χ0v) is 21.4. The lowest BCUT2D eigenvalue weighted by molar-refractivity contribution is -0.139. The lowest BCUT2D eigenvalue weighted by Gasteiger charge is -2.31. The third-order valence-electron chi connectivity index (χ3n) is 5.33. The maximum atomic E-state index is 14.0. The number of nitrogens with zero attached hydrogens (tertiary/aromatic N) is 1. The Hall–Kier alpha value is -2.64. The zero-order valence-electron chi connectivity index (χ0n) is 19.0. The third-order valence-corrected chi connectivity index (χ3v) is 6.82. The summed E-state index contributed by atoms with van der Waals surface area (Å²) in [6.07, 6.45) is 0.410. The van der Waals surface area contributed by atoms with E-state index < -0.39 is 6.04 Å². The van der Waals surface area contributed by atoms with Crippen molar-refractivity contribution < 1.29 is 14.0 Å². The van der Waals surface area contributed by atoms with Crippen molar-refractivity contribution in [2.75, 3.05) is 12.3 Å².